The van der Waals surface area contributed by atoms with Gasteiger partial charge < -0.3 is 15.2 Å². The van der Waals surface area contributed by atoms with Gasteiger partial charge in [-0.15, -0.1) is 10.2 Å². The lowest BCUT2D eigenvalue weighted by Crippen LogP contribution is -2.44. The molecule has 0 spiro atoms. The van der Waals surface area contributed by atoms with Gasteiger partial charge in [-0.1, -0.05) is 0 Å². The Balaban J connectivity index is 2.13. The van der Waals surface area contributed by atoms with Crippen molar-refractivity contribution in [2.45, 2.75) is 26.1 Å². The van der Waals surface area contributed by atoms with Crippen molar-refractivity contribution in [3.8, 4) is 0 Å². The number of fused-ring (bicyclic) bond motifs is 1. The van der Waals surface area contributed by atoms with Crippen LogP contribution in [0.2, 0.25) is 0 Å². The summed E-state index contributed by atoms with van der Waals surface area (Å²) in [5.41, 5.74) is 0. The van der Waals surface area contributed by atoms with E-state index < -0.39 is 0 Å². The number of nitrogens with one attached hydrogen (secondary N) is 2. The van der Waals surface area contributed by atoms with Crippen molar-refractivity contribution in [2.24, 2.45) is 0 Å². The van der Waals surface area contributed by atoms with E-state index >= 15 is 0 Å². The van der Waals surface area contributed by atoms with Crippen molar-refractivity contribution in [1.82, 2.24) is 25.4 Å². The Bertz CT molecular complexity index is 293. The highest BCUT2D eigenvalue weighted by atomic mass is 15.3. The van der Waals surface area contributed by atoms with Gasteiger partial charge in [-0.05, 0) is 14.0 Å². The van der Waals surface area contributed by atoms with Crippen LogP contribution in [-0.4, -0.2) is 34.4 Å². The van der Waals surface area contributed by atoms with Crippen molar-refractivity contribution >= 4 is 0 Å². The summed E-state index contributed by atoms with van der Waals surface area (Å²) in [6, 6.07) is 0.493. The van der Waals surface area contributed by atoms with Gasteiger partial charge in [0.2, 0.25) is 0 Å². The number of aryl methyl sites for hydroxylation is 1. The van der Waals surface area contributed by atoms with Crippen molar-refractivity contribution in [3.63, 3.8) is 0 Å². The molecule has 2 N–H and O–H groups in total. The van der Waals surface area contributed by atoms with Gasteiger partial charge in [0.15, 0.2) is 0 Å². The Hall–Kier alpha value is -0.940. The normalized spacial score (nSPS) is 21.5. The molecule has 13 heavy (non-hydrogen) atoms. The third kappa shape index (κ3) is 1.57. The SMILES string of the molecule is CNCC1Cn2c(C)nnc2CN1. The molecule has 5 nitrogen and oxygen atoms in total. The van der Waals surface area contributed by atoms with Crippen molar-refractivity contribution in [1.29, 1.82) is 0 Å². The second-order valence-electron chi connectivity index (χ2n) is 3.41. The molecular formula is C8H15N5. The average molecular weight is 181 g/mol. The number of likely N-dealkylation sites (N-methyl/N-ethyl adjacent to an activating group) is 1. The first-order chi connectivity index (χ1) is 6.31. The summed E-state index contributed by atoms with van der Waals surface area (Å²) < 4.78 is 2.18. The van der Waals surface area contributed by atoms with Crippen LogP contribution in [0.15, 0.2) is 0 Å². The molecule has 1 aliphatic heterocycles. The largest absolute Gasteiger partial charge is 0.318 e. The lowest BCUT2D eigenvalue weighted by molar-refractivity contribution is 0.374. The molecule has 0 aromatic carbocycles. The molecule has 2 rings (SSSR count). The molecule has 0 amide bonds. The Morgan fingerprint density at radius 3 is 3.23 bits per heavy atom. The summed E-state index contributed by atoms with van der Waals surface area (Å²) in [5.74, 6) is 2.06. The molecule has 0 saturated heterocycles. The fourth-order valence-corrected chi connectivity index (χ4v) is 1.70. The molecule has 0 saturated carbocycles. The van der Waals surface area contributed by atoms with Crippen molar-refractivity contribution in [2.75, 3.05) is 13.6 Å². The maximum absolute atomic E-state index is 4.08. The van der Waals surface area contributed by atoms with Gasteiger partial charge in [0.1, 0.15) is 11.6 Å². The van der Waals surface area contributed by atoms with Gasteiger partial charge in [0, 0.05) is 19.1 Å². The van der Waals surface area contributed by atoms with E-state index in [-0.39, 0.29) is 0 Å². The van der Waals surface area contributed by atoms with Crippen LogP contribution < -0.4 is 10.6 Å². The number of rotatable bonds is 2. The number of hydrogen-bond acceptors (Lipinski definition) is 4. The zero-order chi connectivity index (χ0) is 9.26. The average Bonchev–Trinajstić information content (AvgIpc) is 2.49. The van der Waals surface area contributed by atoms with Gasteiger partial charge in [0.25, 0.3) is 0 Å². The molecule has 72 valence electrons. The minimum atomic E-state index is 0.493. The molecule has 0 radical (unpaired) electrons. The topological polar surface area (TPSA) is 54.8 Å². The van der Waals surface area contributed by atoms with E-state index in [0.29, 0.717) is 6.04 Å². The first-order valence-electron chi connectivity index (χ1n) is 4.58. The summed E-state index contributed by atoms with van der Waals surface area (Å²) in [6.45, 7) is 4.78. The number of hydrogen-bond donors (Lipinski definition) is 2. The second kappa shape index (κ2) is 3.43. The van der Waals surface area contributed by atoms with Crippen molar-refractivity contribution in [3.05, 3.63) is 11.6 Å². The van der Waals surface area contributed by atoms with Crippen LogP contribution in [0.4, 0.5) is 0 Å². The summed E-state index contributed by atoms with van der Waals surface area (Å²) in [4.78, 5) is 0. The van der Waals surface area contributed by atoms with Crippen LogP contribution in [-0.2, 0) is 13.1 Å². The monoisotopic (exact) mass is 181 g/mol. The Labute approximate surface area is 77.5 Å². The van der Waals surface area contributed by atoms with Crippen LogP contribution >= 0.6 is 0 Å². The molecule has 1 aliphatic rings. The third-order valence-electron chi connectivity index (χ3n) is 2.41. The molecule has 5 heteroatoms. The molecule has 2 heterocycles. The second-order valence-corrected chi connectivity index (χ2v) is 3.41. The van der Waals surface area contributed by atoms with E-state index in [9.17, 15) is 0 Å². The van der Waals surface area contributed by atoms with Gasteiger partial charge in [-0.3, -0.25) is 0 Å². The number of nitrogens with zero attached hydrogens (tertiary/aromatic N) is 3. The fraction of sp³-hybridized carbons (Fsp3) is 0.750. The minimum absolute atomic E-state index is 0.493. The van der Waals surface area contributed by atoms with Gasteiger partial charge in [-0.2, -0.15) is 0 Å². The van der Waals surface area contributed by atoms with Crippen molar-refractivity contribution < 1.29 is 0 Å². The van der Waals surface area contributed by atoms with E-state index in [4.69, 9.17) is 0 Å². The van der Waals surface area contributed by atoms with E-state index in [2.05, 4.69) is 25.4 Å². The maximum atomic E-state index is 4.08. The molecule has 1 aromatic rings. The third-order valence-corrected chi connectivity index (χ3v) is 2.41. The lowest BCUT2D eigenvalue weighted by atomic mass is 10.2. The highest BCUT2D eigenvalue weighted by Gasteiger charge is 2.19. The van der Waals surface area contributed by atoms with Crippen LogP contribution in [0, 0.1) is 6.92 Å². The first kappa shape index (κ1) is 8.65. The lowest BCUT2D eigenvalue weighted by Gasteiger charge is -2.25. The Morgan fingerprint density at radius 1 is 1.62 bits per heavy atom. The predicted octanol–water partition coefficient (Wildman–Crippen LogP) is -0.722. The molecule has 0 aliphatic carbocycles. The van der Waals surface area contributed by atoms with Crippen LogP contribution in [0.25, 0.3) is 0 Å². The zero-order valence-corrected chi connectivity index (χ0v) is 8.04. The number of aromatic nitrogens is 3. The van der Waals surface area contributed by atoms with Crippen LogP contribution in [0.5, 0.6) is 0 Å². The molecule has 1 unspecified atom stereocenters. The summed E-state index contributed by atoms with van der Waals surface area (Å²) >= 11 is 0. The van der Waals surface area contributed by atoms with E-state index in [1.54, 1.807) is 0 Å². The smallest absolute Gasteiger partial charge is 0.147 e. The first-order valence-corrected chi connectivity index (χ1v) is 4.58. The zero-order valence-electron chi connectivity index (χ0n) is 8.04. The molecular weight excluding hydrogens is 166 g/mol. The minimum Gasteiger partial charge on any atom is -0.318 e. The Kier molecular flexibility index (Phi) is 2.28. The fourth-order valence-electron chi connectivity index (χ4n) is 1.70. The summed E-state index contributed by atoms with van der Waals surface area (Å²) in [5, 5.41) is 14.7. The van der Waals surface area contributed by atoms with Gasteiger partial charge in [-0.25, -0.2) is 0 Å². The standard InChI is InChI=1S/C8H15N5/c1-6-11-12-8-4-10-7(3-9-2)5-13(6)8/h7,9-10H,3-5H2,1-2H3. The predicted molar refractivity (Wildman–Crippen MR) is 49.3 cm³/mol. The molecule has 0 bridgehead atoms. The quantitative estimate of drug-likeness (QED) is 0.632. The van der Waals surface area contributed by atoms with E-state index in [0.717, 1.165) is 31.3 Å². The highest BCUT2D eigenvalue weighted by molar-refractivity contribution is 4.98. The van der Waals surface area contributed by atoms with Crippen LogP contribution in [0.3, 0.4) is 0 Å². The van der Waals surface area contributed by atoms with E-state index in [1.165, 1.54) is 0 Å². The van der Waals surface area contributed by atoms with Gasteiger partial charge >= 0.3 is 0 Å². The summed E-state index contributed by atoms with van der Waals surface area (Å²) in [6.07, 6.45) is 0. The summed E-state index contributed by atoms with van der Waals surface area (Å²) in [7, 11) is 1.97. The Morgan fingerprint density at radius 2 is 2.46 bits per heavy atom. The molecule has 0 fully saturated rings. The van der Waals surface area contributed by atoms with Gasteiger partial charge in [0.05, 0.1) is 6.54 Å². The molecule has 1 aromatic heterocycles. The van der Waals surface area contributed by atoms with Crippen LogP contribution in [0.1, 0.15) is 11.6 Å². The molecule has 1 atom stereocenters. The highest BCUT2D eigenvalue weighted by Crippen LogP contribution is 2.07. The van der Waals surface area contributed by atoms with E-state index in [1.807, 2.05) is 14.0 Å². The maximum Gasteiger partial charge on any atom is 0.147 e.